The van der Waals surface area contributed by atoms with Gasteiger partial charge in [-0.3, -0.25) is 0 Å². The van der Waals surface area contributed by atoms with E-state index in [0.29, 0.717) is 0 Å². The van der Waals surface area contributed by atoms with E-state index in [2.05, 4.69) is 4.98 Å². The molecule has 0 amide bonds. The lowest BCUT2D eigenvalue weighted by atomic mass is 10.1. The molecule has 1 aromatic heterocycles. The van der Waals surface area contributed by atoms with Crippen molar-refractivity contribution in [2.45, 2.75) is 0 Å². The van der Waals surface area contributed by atoms with Crippen LogP contribution in [0.5, 0.6) is 0 Å². The van der Waals surface area contributed by atoms with Crippen molar-refractivity contribution in [3.8, 4) is 6.07 Å². The Balaban J connectivity index is 3.06. The van der Waals surface area contributed by atoms with Gasteiger partial charge in [0, 0.05) is 5.39 Å². The highest BCUT2D eigenvalue weighted by molar-refractivity contribution is 6.44. The number of benzene rings is 1. The molecule has 6 heteroatoms. The van der Waals surface area contributed by atoms with E-state index < -0.39 is 5.82 Å². The molecule has 0 unspecified atom stereocenters. The molecule has 2 nitrogen and oxygen atoms in total. The SMILES string of the molecule is N#Cc1c(Cl)nc2c(F)ccc(Cl)c2c1Cl. The van der Waals surface area contributed by atoms with Crippen LogP contribution >= 0.6 is 34.8 Å². The molecule has 0 aliphatic carbocycles. The van der Waals surface area contributed by atoms with Gasteiger partial charge >= 0.3 is 0 Å². The van der Waals surface area contributed by atoms with E-state index >= 15 is 0 Å². The summed E-state index contributed by atoms with van der Waals surface area (Å²) >= 11 is 17.5. The predicted octanol–water partition coefficient (Wildman–Crippen LogP) is 4.21. The number of halogens is 4. The number of rotatable bonds is 0. The highest BCUT2D eigenvalue weighted by atomic mass is 35.5. The van der Waals surface area contributed by atoms with Gasteiger partial charge in [-0.15, -0.1) is 0 Å². The summed E-state index contributed by atoms with van der Waals surface area (Å²) < 4.78 is 13.4. The number of aromatic nitrogens is 1. The van der Waals surface area contributed by atoms with Gasteiger partial charge in [-0.1, -0.05) is 34.8 Å². The van der Waals surface area contributed by atoms with Gasteiger partial charge in [0.1, 0.15) is 28.1 Å². The quantitative estimate of drug-likeness (QED) is 0.675. The first-order valence-electron chi connectivity index (χ1n) is 4.09. The second-order valence-electron chi connectivity index (χ2n) is 2.96. The van der Waals surface area contributed by atoms with Gasteiger partial charge in [0.2, 0.25) is 0 Å². The van der Waals surface area contributed by atoms with Crippen LogP contribution in [0, 0.1) is 17.1 Å². The van der Waals surface area contributed by atoms with Gasteiger partial charge in [-0.05, 0) is 12.1 Å². The van der Waals surface area contributed by atoms with Gasteiger partial charge in [0.25, 0.3) is 0 Å². The molecule has 0 spiro atoms. The summed E-state index contributed by atoms with van der Waals surface area (Å²) in [5.41, 5.74) is -0.0511. The fraction of sp³-hybridized carbons (Fsp3) is 0. The monoisotopic (exact) mass is 274 g/mol. The van der Waals surface area contributed by atoms with Crippen LogP contribution in [0.1, 0.15) is 5.56 Å². The summed E-state index contributed by atoms with van der Waals surface area (Å²) in [6, 6.07) is 4.31. The Morgan fingerprint density at radius 1 is 1.25 bits per heavy atom. The van der Waals surface area contributed by atoms with Crippen molar-refractivity contribution in [1.29, 1.82) is 5.26 Å². The van der Waals surface area contributed by atoms with Crippen LogP contribution in [0.25, 0.3) is 10.9 Å². The lowest BCUT2D eigenvalue weighted by Crippen LogP contribution is -1.92. The smallest absolute Gasteiger partial charge is 0.149 e. The third kappa shape index (κ3) is 1.60. The van der Waals surface area contributed by atoms with Gasteiger partial charge in [-0.25, -0.2) is 9.37 Å². The van der Waals surface area contributed by atoms with Crippen LogP contribution in [-0.2, 0) is 0 Å². The molecule has 16 heavy (non-hydrogen) atoms. The fourth-order valence-corrected chi connectivity index (χ4v) is 2.21. The lowest BCUT2D eigenvalue weighted by Gasteiger charge is -2.06. The van der Waals surface area contributed by atoms with Gasteiger partial charge < -0.3 is 0 Å². The minimum Gasteiger partial charge on any atom is -0.231 e. The molecule has 0 bridgehead atoms. The maximum absolute atomic E-state index is 13.4. The van der Waals surface area contributed by atoms with E-state index in [-0.39, 0.29) is 31.7 Å². The van der Waals surface area contributed by atoms with Crippen molar-refractivity contribution in [2.24, 2.45) is 0 Å². The lowest BCUT2D eigenvalue weighted by molar-refractivity contribution is 0.637. The van der Waals surface area contributed by atoms with Crippen LogP contribution in [-0.4, -0.2) is 4.98 Å². The summed E-state index contributed by atoms with van der Waals surface area (Å²) in [5.74, 6) is -0.590. The Hall–Kier alpha value is -1.08. The zero-order valence-electron chi connectivity index (χ0n) is 7.56. The fourth-order valence-electron chi connectivity index (χ4n) is 1.32. The average Bonchev–Trinajstić information content (AvgIpc) is 2.24. The van der Waals surface area contributed by atoms with E-state index in [1.54, 1.807) is 6.07 Å². The van der Waals surface area contributed by atoms with Gasteiger partial charge in [-0.2, -0.15) is 5.26 Å². The molecule has 1 aromatic carbocycles. The summed E-state index contributed by atoms with van der Waals surface area (Å²) in [7, 11) is 0. The van der Waals surface area contributed by atoms with Crippen LogP contribution < -0.4 is 0 Å². The molecule has 1 heterocycles. The van der Waals surface area contributed by atoms with Crippen molar-refractivity contribution in [3.05, 3.63) is 38.7 Å². The van der Waals surface area contributed by atoms with Crippen LogP contribution in [0.2, 0.25) is 15.2 Å². The highest BCUT2D eigenvalue weighted by Gasteiger charge is 2.16. The number of nitrogens with zero attached hydrogens (tertiary/aromatic N) is 2. The molecular weight excluding hydrogens is 273 g/mol. The molecule has 0 radical (unpaired) electrons. The number of fused-ring (bicyclic) bond motifs is 1. The van der Waals surface area contributed by atoms with Crippen molar-refractivity contribution in [2.75, 3.05) is 0 Å². The third-order valence-electron chi connectivity index (χ3n) is 2.04. The molecule has 80 valence electrons. The zero-order chi connectivity index (χ0) is 11.9. The molecule has 0 aliphatic rings. The molecule has 0 fully saturated rings. The van der Waals surface area contributed by atoms with Crippen LogP contribution in [0.4, 0.5) is 4.39 Å². The Morgan fingerprint density at radius 2 is 1.94 bits per heavy atom. The highest BCUT2D eigenvalue weighted by Crippen LogP contribution is 2.35. The van der Waals surface area contributed by atoms with Crippen LogP contribution in [0.15, 0.2) is 12.1 Å². The number of nitriles is 1. The number of pyridine rings is 1. The second-order valence-corrected chi connectivity index (χ2v) is 4.10. The molecule has 0 atom stereocenters. The summed E-state index contributed by atoms with van der Waals surface area (Å²) in [5, 5.41) is 9.12. The molecule has 0 aliphatic heterocycles. The summed E-state index contributed by atoms with van der Waals surface area (Å²) in [4.78, 5) is 3.77. The molecule has 2 aromatic rings. The average molecular weight is 275 g/mol. The van der Waals surface area contributed by atoms with E-state index in [0.717, 1.165) is 6.07 Å². The topological polar surface area (TPSA) is 36.7 Å². The zero-order valence-corrected chi connectivity index (χ0v) is 9.83. The molecule has 0 saturated carbocycles. The minimum atomic E-state index is -0.590. The molecular formula is C10H2Cl3FN2. The van der Waals surface area contributed by atoms with Crippen molar-refractivity contribution in [1.82, 2.24) is 4.98 Å². The maximum Gasteiger partial charge on any atom is 0.149 e. The van der Waals surface area contributed by atoms with Gasteiger partial charge in [0.05, 0.1) is 10.0 Å². The van der Waals surface area contributed by atoms with E-state index in [1.165, 1.54) is 6.07 Å². The Labute approximate surface area is 105 Å². The second kappa shape index (κ2) is 4.06. The van der Waals surface area contributed by atoms with Crippen molar-refractivity contribution >= 4 is 45.7 Å². The number of hydrogen-bond donors (Lipinski definition) is 0. The van der Waals surface area contributed by atoms with E-state index in [9.17, 15) is 4.39 Å². The maximum atomic E-state index is 13.4. The summed E-state index contributed by atoms with van der Waals surface area (Å²) in [6.07, 6.45) is 0. The summed E-state index contributed by atoms with van der Waals surface area (Å²) in [6.45, 7) is 0. The first kappa shape index (κ1) is 11.4. The van der Waals surface area contributed by atoms with Crippen molar-refractivity contribution in [3.63, 3.8) is 0 Å². The van der Waals surface area contributed by atoms with E-state index in [1.807, 2.05) is 0 Å². The normalized spacial score (nSPS) is 10.4. The first-order valence-corrected chi connectivity index (χ1v) is 5.22. The molecule has 0 N–H and O–H groups in total. The third-order valence-corrected chi connectivity index (χ3v) is 3.01. The molecule has 2 rings (SSSR count). The first-order chi connectivity index (χ1) is 7.56. The Morgan fingerprint density at radius 3 is 2.56 bits per heavy atom. The Bertz CT molecular complexity index is 634. The number of hydrogen-bond acceptors (Lipinski definition) is 2. The van der Waals surface area contributed by atoms with Crippen LogP contribution in [0.3, 0.4) is 0 Å². The van der Waals surface area contributed by atoms with Gasteiger partial charge in [0.15, 0.2) is 0 Å². The standard InChI is InChI=1S/C10H2Cl3FN2/c11-5-1-2-6(14)9-7(5)8(12)4(3-15)10(13)16-9/h1-2H. The largest absolute Gasteiger partial charge is 0.231 e. The molecule has 0 saturated heterocycles. The van der Waals surface area contributed by atoms with E-state index in [4.69, 9.17) is 40.1 Å². The minimum absolute atomic E-state index is 0.0108. The Kier molecular flexibility index (Phi) is 2.90. The van der Waals surface area contributed by atoms with Crippen molar-refractivity contribution < 1.29 is 4.39 Å². The predicted molar refractivity (Wildman–Crippen MR) is 61.4 cm³/mol.